The molecule has 2 N–H and O–H groups in total. The zero-order chi connectivity index (χ0) is 14.4. The average molecular weight is 272 g/mol. The number of carbonyl (C=O) groups excluding carboxylic acids is 2. The largest absolute Gasteiger partial charge is 0.480 e. The highest BCUT2D eigenvalue weighted by Crippen LogP contribution is 2.18. The predicted octanol–water partition coefficient (Wildman–Crippen LogP) is 0.444. The molecule has 0 aliphatic carbocycles. The second kappa shape index (κ2) is 6.96. The number of ether oxygens (including phenoxy) is 1. The monoisotopic (exact) mass is 272 g/mol. The third-order valence-electron chi connectivity index (χ3n) is 3.11. The summed E-state index contributed by atoms with van der Waals surface area (Å²) in [5.74, 6) is -1.46. The molecule has 0 aromatic rings. The van der Waals surface area contributed by atoms with Gasteiger partial charge >= 0.3 is 18.0 Å². The molecule has 1 fully saturated rings. The van der Waals surface area contributed by atoms with Gasteiger partial charge in [-0.15, -0.1) is 0 Å². The number of carboxylic acids is 1. The zero-order valence-electron chi connectivity index (χ0n) is 11.2. The van der Waals surface area contributed by atoms with Gasteiger partial charge in [0.25, 0.3) is 0 Å². The molecule has 0 aromatic carbocycles. The van der Waals surface area contributed by atoms with Crippen molar-refractivity contribution in [2.24, 2.45) is 5.92 Å². The lowest BCUT2D eigenvalue weighted by Gasteiger charge is -2.31. The molecule has 2 amide bonds. The highest BCUT2D eigenvalue weighted by molar-refractivity contribution is 5.82. The quantitative estimate of drug-likeness (QED) is 0.724. The maximum absolute atomic E-state index is 11.8. The zero-order valence-corrected chi connectivity index (χ0v) is 11.2. The number of rotatable bonds is 4. The van der Waals surface area contributed by atoms with Crippen molar-refractivity contribution >= 4 is 18.0 Å². The summed E-state index contributed by atoms with van der Waals surface area (Å²) in [4.78, 5) is 35.4. The van der Waals surface area contributed by atoms with Crippen LogP contribution in [0.2, 0.25) is 0 Å². The van der Waals surface area contributed by atoms with Crippen molar-refractivity contribution in [3.63, 3.8) is 0 Å². The Bertz CT molecular complexity index is 350. The summed E-state index contributed by atoms with van der Waals surface area (Å²) in [7, 11) is 0. The Kier molecular flexibility index (Phi) is 5.59. The van der Waals surface area contributed by atoms with Gasteiger partial charge in [-0.1, -0.05) is 0 Å². The SMILES string of the molecule is CCOC(=O)C1CCN(C(=O)N[C@H](C)C(=O)O)CC1. The molecule has 1 aliphatic heterocycles. The third-order valence-corrected chi connectivity index (χ3v) is 3.11. The normalized spacial score (nSPS) is 17.7. The number of carboxylic acid groups (broad SMARTS) is 1. The molecule has 7 heteroatoms. The molecule has 0 spiro atoms. The lowest BCUT2D eigenvalue weighted by atomic mass is 9.97. The van der Waals surface area contributed by atoms with Crippen LogP contribution in [-0.4, -0.2) is 53.7 Å². The van der Waals surface area contributed by atoms with E-state index in [2.05, 4.69) is 5.32 Å². The molecule has 0 radical (unpaired) electrons. The molecule has 1 heterocycles. The molecule has 0 aromatic heterocycles. The van der Waals surface area contributed by atoms with Crippen molar-refractivity contribution in [1.82, 2.24) is 10.2 Å². The van der Waals surface area contributed by atoms with Gasteiger partial charge in [-0.3, -0.25) is 9.59 Å². The predicted molar refractivity (Wildman–Crippen MR) is 66.6 cm³/mol. The second-order valence-electron chi connectivity index (χ2n) is 4.52. The Morgan fingerprint density at radius 3 is 2.42 bits per heavy atom. The summed E-state index contributed by atoms with van der Waals surface area (Å²) in [6.07, 6.45) is 1.10. The standard InChI is InChI=1S/C12H20N2O5/c1-3-19-11(17)9-4-6-14(7-5-9)12(18)13-8(2)10(15)16/h8-9H,3-7H2,1-2H3,(H,13,18)(H,15,16)/t8-/m1/s1. The van der Waals surface area contributed by atoms with Crippen LogP contribution in [0.3, 0.4) is 0 Å². The van der Waals surface area contributed by atoms with E-state index < -0.39 is 18.0 Å². The molecule has 1 aliphatic rings. The number of nitrogens with zero attached hydrogens (tertiary/aromatic N) is 1. The van der Waals surface area contributed by atoms with Crippen molar-refractivity contribution in [3.8, 4) is 0 Å². The molecular formula is C12H20N2O5. The van der Waals surface area contributed by atoms with Gasteiger partial charge in [0.15, 0.2) is 0 Å². The van der Waals surface area contributed by atoms with Crippen LogP contribution in [-0.2, 0) is 14.3 Å². The summed E-state index contributed by atoms with van der Waals surface area (Å²) in [5.41, 5.74) is 0. The number of esters is 1. The fraction of sp³-hybridized carbons (Fsp3) is 0.750. The van der Waals surface area contributed by atoms with Gasteiger partial charge < -0.3 is 20.1 Å². The van der Waals surface area contributed by atoms with Gasteiger partial charge in [0.2, 0.25) is 0 Å². The smallest absolute Gasteiger partial charge is 0.325 e. The topological polar surface area (TPSA) is 95.9 Å². The molecule has 0 saturated carbocycles. The minimum absolute atomic E-state index is 0.166. The molecule has 1 rings (SSSR count). The van der Waals surface area contributed by atoms with Crippen molar-refractivity contribution in [1.29, 1.82) is 0 Å². The van der Waals surface area contributed by atoms with E-state index in [0.717, 1.165) is 0 Å². The molecule has 108 valence electrons. The van der Waals surface area contributed by atoms with Crippen LogP contribution in [0.15, 0.2) is 0 Å². The van der Waals surface area contributed by atoms with Crippen LogP contribution in [0, 0.1) is 5.92 Å². The molecule has 19 heavy (non-hydrogen) atoms. The molecular weight excluding hydrogens is 252 g/mol. The number of hydrogen-bond donors (Lipinski definition) is 2. The van der Waals surface area contributed by atoms with E-state index in [1.807, 2.05) is 0 Å². The first kappa shape index (κ1) is 15.3. The molecule has 0 bridgehead atoms. The van der Waals surface area contributed by atoms with Gasteiger partial charge in [-0.2, -0.15) is 0 Å². The van der Waals surface area contributed by atoms with Crippen LogP contribution in [0.5, 0.6) is 0 Å². The Morgan fingerprint density at radius 2 is 1.95 bits per heavy atom. The Morgan fingerprint density at radius 1 is 1.37 bits per heavy atom. The Hall–Kier alpha value is -1.79. The van der Waals surface area contributed by atoms with Crippen molar-refractivity contribution < 1.29 is 24.2 Å². The number of carbonyl (C=O) groups is 3. The maximum atomic E-state index is 11.8. The minimum Gasteiger partial charge on any atom is -0.480 e. The first-order chi connectivity index (χ1) is 8.95. The molecule has 1 saturated heterocycles. The number of piperidine rings is 1. The number of hydrogen-bond acceptors (Lipinski definition) is 4. The Balaban J connectivity index is 2.39. The summed E-state index contributed by atoms with van der Waals surface area (Å²) < 4.78 is 4.94. The van der Waals surface area contributed by atoms with Crippen molar-refractivity contribution in [2.45, 2.75) is 32.7 Å². The van der Waals surface area contributed by atoms with E-state index in [-0.39, 0.29) is 11.9 Å². The van der Waals surface area contributed by atoms with E-state index in [0.29, 0.717) is 32.5 Å². The van der Waals surface area contributed by atoms with Crippen LogP contribution in [0.1, 0.15) is 26.7 Å². The summed E-state index contributed by atoms with van der Waals surface area (Å²) in [6, 6.07) is -1.33. The highest BCUT2D eigenvalue weighted by Gasteiger charge is 2.29. The second-order valence-corrected chi connectivity index (χ2v) is 4.52. The van der Waals surface area contributed by atoms with Gasteiger partial charge in [-0.05, 0) is 26.7 Å². The number of amides is 2. The van der Waals surface area contributed by atoms with Gasteiger partial charge in [-0.25, -0.2) is 4.79 Å². The van der Waals surface area contributed by atoms with Gasteiger partial charge in [0.05, 0.1) is 12.5 Å². The Labute approximate surface area is 111 Å². The van der Waals surface area contributed by atoms with Crippen LogP contribution >= 0.6 is 0 Å². The number of likely N-dealkylation sites (tertiary alicyclic amines) is 1. The van der Waals surface area contributed by atoms with Gasteiger partial charge in [0.1, 0.15) is 6.04 Å². The van der Waals surface area contributed by atoms with Crippen LogP contribution in [0.25, 0.3) is 0 Å². The molecule has 7 nitrogen and oxygen atoms in total. The van der Waals surface area contributed by atoms with E-state index in [4.69, 9.17) is 9.84 Å². The fourth-order valence-corrected chi connectivity index (χ4v) is 1.92. The minimum atomic E-state index is -1.07. The third kappa shape index (κ3) is 4.42. The average Bonchev–Trinajstić information content (AvgIpc) is 2.39. The van der Waals surface area contributed by atoms with E-state index in [9.17, 15) is 14.4 Å². The molecule has 0 unspecified atom stereocenters. The van der Waals surface area contributed by atoms with E-state index >= 15 is 0 Å². The summed E-state index contributed by atoms with van der Waals surface area (Å²) >= 11 is 0. The summed E-state index contributed by atoms with van der Waals surface area (Å²) in [5, 5.41) is 11.1. The summed E-state index contributed by atoms with van der Waals surface area (Å²) in [6.45, 7) is 4.39. The van der Waals surface area contributed by atoms with Crippen LogP contribution < -0.4 is 5.32 Å². The lowest BCUT2D eigenvalue weighted by Crippen LogP contribution is -2.49. The first-order valence-electron chi connectivity index (χ1n) is 6.40. The van der Waals surface area contributed by atoms with Gasteiger partial charge in [0, 0.05) is 13.1 Å². The first-order valence-corrected chi connectivity index (χ1v) is 6.40. The molecule has 1 atom stereocenters. The van der Waals surface area contributed by atoms with Crippen LogP contribution in [0.4, 0.5) is 4.79 Å². The fourth-order valence-electron chi connectivity index (χ4n) is 1.92. The van der Waals surface area contributed by atoms with E-state index in [1.165, 1.54) is 11.8 Å². The van der Waals surface area contributed by atoms with E-state index in [1.54, 1.807) is 6.92 Å². The van der Waals surface area contributed by atoms with Crippen molar-refractivity contribution in [3.05, 3.63) is 0 Å². The number of nitrogens with one attached hydrogen (secondary N) is 1. The van der Waals surface area contributed by atoms with Crippen molar-refractivity contribution in [2.75, 3.05) is 19.7 Å². The maximum Gasteiger partial charge on any atom is 0.325 e. The highest BCUT2D eigenvalue weighted by atomic mass is 16.5. The number of aliphatic carboxylic acids is 1. The number of urea groups is 1. The lowest BCUT2D eigenvalue weighted by molar-refractivity contribution is -0.149.